The van der Waals surface area contributed by atoms with E-state index in [0.29, 0.717) is 17.6 Å². The Morgan fingerprint density at radius 1 is 1.39 bits per heavy atom. The first-order valence-electron chi connectivity index (χ1n) is 9.52. The van der Waals surface area contributed by atoms with Gasteiger partial charge in [0.05, 0.1) is 6.04 Å². The van der Waals surface area contributed by atoms with Crippen LogP contribution in [0.1, 0.15) is 49.1 Å². The molecule has 0 aromatic carbocycles. The van der Waals surface area contributed by atoms with Gasteiger partial charge in [-0.3, -0.25) is 9.20 Å². The van der Waals surface area contributed by atoms with Gasteiger partial charge in [-0.15, -0.1) is 10.2 Å². The monoisotopic (exact) mass is 396 g/mol. The summed E-state index contributed by atoms with van der Waals surface area (Å²) in [5.41, 5.74) is 0.772. The van der Waals surface area contributed by atoms with E-state index >= 15 is 0 Å². The fourth-order valence-corrected chi connectivity index (χ4v) is 3.82. The number of furan rings is 1. The number of amides is 1. The Hall–Kier alpha value is -2.54. The van der Waals surface area contributed by atoms with Crippen LogP contribution in [0.25, 0.3) is 11.7 Å². The summed E-state index contributed by atoms with van der Waals surface area (Å²) in [5, 5.41) is 11.6. The number of hydrogen-bond acceptors (Lipinski definition) is 5. The third-order valence-corrected chi connectivity index (χ3v) is 5.74. The number of nitrogens with zero attached hydrogens (tertiary/aromatic N) is 3. The highest BCUT2D eigenvalue weighted by molar-refractivity contribution is 7.98. The molecule has 0 aliphatic heterocycles. The average molecular weight is 397 g/mol. The van der Waals surface area contributed by atoms with Gasteiger partial charge in [0, 0.05) is 18.2 Å². The van der Waals surface area contributed by atoms with Crippen LogP contribution in [0, 0.1) is 5.92 Å². The van der Waals surface area contributed by atoms with Gasteiger partial charge in [-0.25, -0.2) is 0 Å². The van der Waals surface area contributed by atoms with Crippen LogP contribution in [-0.2, 0) is 4.79 Å². The predicted octanol–water partition coefficient (Wildman–Crippen LogP) is 4.07. The maximum atomic E-state index is 12.5. The summed E-state index contributed by atoms with van der Waals surface area (Å²) in [6.45, 7) is 2.22. The summed E-state index contributed by atoms with van der Waals surface area (Å²) in [6.07, 6.45) is 9.17. The number of thioether (sulfide) groups is 1. The van der Waals surface area contributed by atoms with Gasteiger partial charge in [-0.05, 0) is 61.1 Å². The minimum absolute atomic E-state index is 0.170. The van der Waals surface area contributed by atoms with Crippen LogP contribution >= 0.6 is 11.8 Å². The molecule has 146 valence electrons. The van der Waals surface area contributed by atoms with E-state index in [0.717, 1.165) is 29.4 Å². The van der Waals surface area contributed by atoms with Crippen molar-refractivity contribution in [2.75, 3.05) is 12.0 Å². The van der Waals surface area contributed by atoms with Crippen LogP contribution in [-0.4, -0.2) is 32.5 Å². The molecular weight excluding hydrogens is 372 g/mol. The van der Waals surface area contributed by atoms with Crippen LogP contribution < -0.4 is 5.32 Å². The van der Waals surface area contributed by atoms with E-state index in [4.69, 9.17) is 4.42 Å². The molecule has 0 radical (unpaired) electrons. The molecule has 28 heavy (non-hydrogen) atoms. The molecule has 1 N–H and O–H groups in total. The maximum Gasteiger partial charge on any atom is 0.244 e. The minimum Gasteiger partial charge on any atom is -0.461 e. The highest BCUT2D eigenvalue weighted by Crippen LogP contribution is 2.47. The van der Waals surface area contributed by atoms with Gasteiger partial charge in [0.15, 0.2) is 11.5 Å². The Labute approximate surface area is 168 Å². The molecule has 0 bridgehead atoms. The fraction of sp³-hybridized carbons (Fsp3) is 0.381. The van der Waals surface area contributed by atoms with Crippen molar-refractivity contribution < 1.29 is 9.21 Å². The number of rotatable bonds is 8. The summed E-state index contributed by atoms with van der Waals surface area (Å²) in [5.74, 6) is 4.44. The SMILES string of the molecule is CSCCC(NC(=O)/C=C/c1ccc(C2CC2C)o1)c1nnc2ccccn12. The predicted molar refractivity (Wildman–Crippen MR) is 111 cm³/mol. The van der Waals surface area contributed by atoms with Gasteiger partial charge >= 0.3 is 0 Å². The third kappa shape index (κ3) is 4.14. The van der Waals surface area contributed by atoms with Crippen LogP contribution in [0.4, 0.5) is 0 Å². The molecule has 1 amide bonds. The van der Waals surface area contributed by atoms with Gasteiger partial charge in [0.1, 0.15) is 11.5 Å². The quantitative estimate of drug-likeness (QED) is 0.581. The number of fused-ring (bicyclic) bond motifs is 1. The molecule has 3 heterocycles. The van der Waals surface area contributed by atoms with E-state index in [1.807, 2.05) is 40.9 Å². The van der Waals surface area contributed by atoms with E-state index < -0.39 is 0 Å². The molecule has 1 aliphatic carbocycles. The second-order valence-corrected chi connectivity index (χ2v) is 8.21. The summed E-state index contributed by atoms with van der Waals surface area (Å²) < 4.78 is 7.75. The second-order valence-electron chi connectivity index (χ2n) is 7.22. The zero-order chi connectivity index (χ0) is 19.5. The number of carbonyl (C=O) groups is 1. The van der Waals surface area contributed by atoms with E-state index in [1.54, 1.807) is 17.8 Å². The van der Waals surface area contributed by atoms with Gasteiger partial charge in [0.2, 0.25) is 5.91 Å². The lowest BCUT2D eigenvalue weighted by Crippen LogP contribution is -2.29. The number of pyridine rings is 1. The van der Waals surface area contributed by atoms with Crippen LogP contribution in [0.3, 0.4) is 0 Å². The fourth-order valence-electron chi connectivity index (χ4n) is 3.35. The van der Waals surface area contributed by atoms with E-state index in [9.17, 15) is 4.79 Å². The first kappa shape index (κ1) is 18.8. The van der Waals surface area contributed by atoms with Gasteiger partial charge in [-0.2, -0.15) is 11.8 Å². The molecule has 3 unspecified atom stereocenters. The van der Waals surface area contributed by atoms with Crippen molar-refractivity contribution >= 4 is 29.4 Å². The van der Waals surface area contributed by atoms with Gasteiger partial charge < -0.3 is 9.73 Å². The van der Waals surface area contributed by atoms with Crippen molar-refractivity contribution in [3.05, 3.63) is 59.9 Å². The molecule has 3 aromatic rings. The zero-order valence-electron chi connectivity index (χ0n) is 16.0. The Kier molecular flexibility index (Phi) is 5.52. The largest absolute Gasteiger partial charge is 0.461 e. The zero-order valence-corrected chi connectivity index (χ0v) is 16.9. The molecule has 6 nitrogen and oxygen atoms in total. The number of carbonyl (C=O) groups excluding carboxylic acids is 1. The van der Waals surface area contributed by atoms with E-state index in [1.165, 1.54) is 12.5 Å². The summed E-state index contributed by atoms with van der Waals surface area (Å²) in [4.78, 5) is 12.5. The topological polar surface area (TPSA) is 72.4 Å². The Balaban J connectivity index is 1.45. The Bertz CT molecular complexity index is 993. The Morgan fingerprint density at radius 2 is 2.25 bits per heavy atom. The molecule has 3 atom stereocenters. The lowest BCUT2D eigenvalue weighted by Gasteiger charge is -2.15. The van der Waals surface area contributed by atoms with Crippen LogP contribution in [0.15, 0.2) is 47.0 Å². The van der Waals surface area contributed by atoms with Crippen molar-refractivity contribution in [1.29, 1.82) is 0 Å². The summed E-state index contributed by atoms with van der Waals surface area (Å²) in [6, 6.07) is 9.48. The first-order chi connectivity index (χ1) is 13.7. The maximum absolute atomic E-state index is 12.5. The number of hydrogen-bond donors (Lipinski definition) is 1. The molecule has 1 aliphatic rings. The highest BCUT2D eigenvalue weighted by atomic mass is 32.2. The average Bonchev–Trinajstić information content (AvgIpc) is 3.11. The minimum atomic E-state index is -0.207. The third-order valence-electron chi connectivity index (χ3n) is 5.10. The molecule has 0 spiro atoms. The second kappa shape index (κ2) is 8.22. The van der Waals surface area contributed by atoms with Gasteiger partial charge in [-0.1, -0.05) is 13.0 Å². The molecule has 0 saturated heterocycles. The van der Waals surface area contributed by atoms with Crippen LogP contribution in [0.5, 0.6) is 0 Å². The smallest absolute Gasteiger partial charge is 0.244 e. The van der Waals surface area contributed by atoms with Crippen molar-refractivity contribution in [3.63, 3.8) is 0 Å². The highest BCUT2D eigenvalue weighted by Gasteiger charge is 2.36. The first-order valence-corrected chi connectivity index (χ1v) is 10.9. The van der Waals surface area contributed by atoms with Crippen molar-refractivity contribution in [2.24, 2.45) is 5.92 Å². The Morgan fingerprint density at radius 3 is 3.04 bits per heavy atom. The summed E-state index contributed by atoms with van der Waals surface area (Å²) >= 11 is 1.74. The molecule has 1 fully saturated rings. The molecule has 4 rings (SSSR count). The van der Waals surface area contributed by atoms with E-state index in [-0.39, 0.29) is 11.9 Å². The molecule has 7 heteroatoms. The lowest BCUT2D eigenvalue weighted by molar-refractivity contribution is -0.117. The van der Waals surface area contributed by atoms with E-state index in [2.05, 4.69) is 28.7 Å². The molecular formula is C21H24N4O2S. The number of nitrogens with one attached hydrogen (secondary N) is 1. The van der Waals surface area contributed by atoms with Gasteiger partial charge in [0.25, 0.3) is 0 Å². The summed E-state index contributed by atoms with van der Waals surface area (Å²) in [7, 11) is 0. The molecule has 1 saturated carbocycles. The standard InChI is InChI=1S/C21H24N4O2S/c1-14-13-16(14)18-8-6-15(27-18)7-9-20(26)22-17(10-12-28-2)21-24-23-19-5-3-4-11-25(19)21/h3-9,11,14,16-17H,10,12-13H2,1-2H3,(H,22,26)/b9-7+. The van der Waals surface area contributed by atoms with Crippen molar-refractivity contribution in [3.8, 4) is 0 Å². The van der Waals surface area contributed by atoms with Crippen molar-refractivity contribution in [2.45, 2.75) is 31.7 Å². The normalized spacial score (nSPS) is 19.9. The van der Waals surface area contributed by atoms with Crippen LogP contribution in [0.2, 0.25) is 0 Å². The molecule has 3 aromatic heterocycles. The lowest BCUT2D eigenvalue weighted by atomic mass is 10.2. The van der Waals surface area contributed by atoms with Crippen molar-refractivity contribution in [1.82, 2.24) is 19.9 Å². The number of aromatic nitrogens is 3.